The van der Waals surface area contributed by atoms with Crippen LogP contribution < -0.4 is 11.3 Å². The van der Waals surface area contributed by atoms with Crippen LogP contribution in [-0.2, 0) is 12.8 Å². The van der Waals surface area contributed by atoms with Gasteiger partial charge in [-0.3, -0.25) is 0 Å². The van der Waals surface area contributed by atoms with Crippen molar-refractivity contribution in [2.75, 3.05) is 0 Å². The van der Waals surface area contributed by atoms with Crippen molar-refractivity contribution in [3.8, 4) is 11.5 Å². The van der Waals surface area contributed by atoms with Gasteiger partial charge in [0.1, 0.15) is 28.8 Å². The first-order valence-electron chi connectivity index (χ1n) is 19.3. The molecule has 55 heavy (non-hydrogen) atoms. The van der Waals surface area contributed by atoms with E-state index in [0.717, 1.165) is 60.3 Å². The second kappa shape index (κ2) is 17.4. The predicted molar refractivity (Wildman–Crippen MR) is 217 cm³/mol. The molecule has 4 aromatic heterocycles. The van der Waals surface area contributed by atoms with Crippen LogP contribution in [0.4, 0.5) is 4.39 Å². The van der Waals surface area contributed by atoms with Crippen molar-refractivity contribution in [2.24, 2.45) is 11.8 Å². The Morgan fingerprint density at radius 3 is 1.44 bits per heavy atom. The molecule has 286 valence electrons. The van der Waals surface area contributed by atoms with Crippen LogP contribution in [0, 0.1) is 17.7 Å². The van der Waals surface area contributed by atoms with Crippen molar-refractivity contribution in [3.05, 3.63) is 172 Å². The summed E-state index contributed by atoms with van der Waals surface area (Å²) in [5.41, 5.74) is 2.14. The fourth-order valence-corrected chi connectivity index (χ4v) is 9.56. The quantitative estimate of drug-likeness (QED) is 0.114. The third-order valence-corrected chi connectivity index (χ3v) is 12.9. The molecule has 6 nitrogen and oxygen atoms in total. The van der Waals surface area contributed by atoms with Gasteiger partial charge in [-0.05, 0) is 109 Å². The van der Waals surface area contributed by atoms with Crippen molar-refractivity contribution in [1.82, 2.24) is 0 Å². The summed E-state index contributed by atoms with van der Waals surface area (Å²) in [4.78, 5) is 28.0. The zero-order valence-corrected chi connectivity index (χ0v) is 32.8. The Bertz CT molecular complexity index is 2250. The third kappa shape index (κ3) is 9.22. The van der Waals surface area contributed by atoms with Crippen LogP contribution in [0.25, 0.3) is 0 Å². The molecule has 6 aromatic rings. The van der Waals surface area contributed by atoms with Crippen LogP contribution >= 0.6 is 22.7 Å². The number of aromatic hydroxyl groups is 2. The molecule has 4 heterocycles. The highest BCUT2D eigenvalue weighted by Gasteiger charge is 2.39. The first-order valence-corrected chi connectivity index (χ1v) is 21.1. The number of rotatable bonds is 14. The predicted octanol–water partition coefficient (Wildman–Crippen LogP) is 11.5. The van der Waals surface area contributed by atoms with Crippen molar-refractivity contribution in [1.29, 1.82) is 0 Å². The summed E-state index contributed by atoms with van der Waals surface area (Å²) in [6.45, 7) is 4.09. The molecular formula is C46H47FO6S2. The normalized spacial score (nSPS) is 16.1. The fraction of sp³-hybridized carbons (Fsp3) is 0.348. The Morgan fingerprint density at radius 2 is 1.07 bits per heavy atom. The molecule has 2 aromatic carbocycles. The molecule has 8 rings (SSSR count). The molecule has 2 aliphatic rings. The lowest BCUT2D eigenvalue weighted by Crippen LogP contribution is -2.17. The van der Waals surface area contributed by atoms with E-state index in [-0.39, 0.29) is 46.6 Å². The lowest BCUT2D eigenvalue weighted by Gasteiger charge is -2.18. The van der Waals surface area contributed by atoms with E-state index in [4.69, 9.17) is 8.83 Å². The number of hydrogen-bond acceptors (Lipinski definition) is 8. The Balaban J connectivity index is 0.000000169. The molecule has 0 amide bonds. The van der Waals surface area contributed by atoms with E-state index in [9.17, 15) is 24.2 Å². The van der Waals surface area contributed by atoms with Gasteiger partial charge in [0.2, 0.25) is 0 Å². The average molecular weight is 779 g/mol. The highest BCUT2D eigenvalue weighted by atomic mass is 32.1. The molecule has 2 N–H and O–H groups in total. The monoisotopic (exact) mass is 778 g/mol. The van der Waals surface area contributed by atoms with E-state index in [1.54, 1.807) is 46.9 Å². The molecule has 0 radical (unpaired) electrons. The number of benzene rings is 2. The first-order chi connectivity index (χ1) is 26.7. The number of hydrogen-bond donors (Lipinski definition) is 2. The largest absolute Gasteiger partial charge is 0.507 e. The molecule has 9 heteroatoms. The van der Waals surface area contributed by atoms with E-state index >= 15 is 0 Å². The molecule has 0 spiro atoms. The van der Waals surface area contributed by atoms with Crippen LogP contribution in [0.5, 0.6) is 11.5 Å². The smallest absolute Gasteiger partial charge is 0.343 e. The molecule has 2 fully saturated rings. The van der Waals surface area contributed by atoms with Gasteiger partial charge in [0.05, 0.1) is 11.1 Å². The van der Waals surface area contributed by atoms with Gasteiger partial charge < -0.3 is 19.0 Å². The highest BCUT2D eigenvalue weighted by molar-refractivity contribution is 7.10. The number of thiophene rings is 2. The van der Waals surface area contributed by atoms with Gasteiger partial charge in [-0.1, -0.05) is 68.4 Å². The fourth-order valence-electron chi connectivity index (χ4n) is 7.70. The van der Waals surface area contributed by atoms with E-state index in [0.29, 0.717) is 40.9 Å². The lowest BCUT2D eigenvalue weighted by atomic mass is 9.90. The Labute approximate surface area is 329 Å². The van der Waals surface area contributed by atoms with Crippen molar-refractivity contribution >= 4 is 22.7 Å². The molecule has 0 aliphatic heterocycles. The summed E-state index contributed by atoms with van der Waals surface area (Å²) in [5.74, 6) is 1.57. The minimum absolute atomic E-state index is 0.0223. The van der Waals surface area contributed by atoms with Crippen LogP contribution in [0.3, 0.4) is 0 Å². The Morgan fingerprint density at radius 1 is 0.636 bits per heavy atom. The van der Waals surface area contributed by atoms with Crippen molar-refractivity contribution in [2.45, 2.75) is 88.9 Å². The third-order valence-electron chi connectivity index (χ3n) is 11.0. The van der Waals surface area contributed by atoms with Gasteiger partial charge in [-0.25, -0.2) is 14.0 Å². The summed E-state index contributed by atoms with van der Waals surface area (Å²) in [6.07, 6.45) is 7.30. The summed E-state index contributed by atoms with van der Waals surface area (Å²) in [6, 6.07) is 27.8. The van der Waals surface area contributed by atoms with Crippen LogP contribution in [0.2, 0.25) is 0 Å². The maximum absolute atomic E-state index is 13.1. The molecule has 2 aliphatic carbocycles. The average Bonchev–Trinajstić information content (AvgIpc) is 4.09. The van der Waals surface area contributed by atoms with E-state index in [2.05, 4.69) is 19.1 Å². The summed E-state index contributed by atoms with van der Waals surface area (Å²) in [5, 5.41) is 25.5. The summed E-state index contributed by atoms with van der Waals surface area (Å²) >= 11 is 3.24. The van der Waals surface area contributed by atoms with E-state index in [1.807, 2.05) is 60.1 Å². The van der Waals surface area contributed by atoms with Gasteiger partial charge in [-0.15, -0.1) is 22.7 Å². The first kappa shape index (κ1) is 38.5. The zero-order chi connectivity index (χ0) is 38.5. The topological polar surface area (TPSA) is 101 Å². The highest BCUT2D eigenvalue weighted by Crippen LogP contribution is 2.50. The maximum Gasteiger partial charge on any atom is 0.343 e. The summed E-state index contributed by atoms with van der Waals surface area (Å²) in [7, 11) is 0. The molecule has 4 unspecified atom stereocenters. The van der Waals surface area contributed by atoms with Gasteiger partial charge >= 0.3 is 11.3 Å². The van der Waals surface area contributed by atoms with Crippen molar-refractivity contribution in [3.63, 3.8) is 0 Å². The minimum Gasteiger partial charge on any atom is -0.507 e. The minimum atomic E-state index is -0.446. The molecule has 4 atom stereocenters. The van der Waals surface area contributed by atoms with Gasteiger partial charge in [0.15, 0.2) is 0 Å². The standard InChI is InChI=1S/C23H23FO3S.C23H24O3S/c1-2-15(12-14-5-9-17(24)10-6-14)19-13-18(25)22(23(26)27-19)21(16-7-8-16)20-4-3-11-28-20;1-2-16(13-15-7-4-3-5-8-15)19-14-18(24)22(23(25)26-19)21(17-10-11-17)20-9-6-12-27-20/h3-6,9-11,13,15-16,21,25H,2,7-8,12H2,1H3;3-9,12,14,16-17,21,24H,2,10-11,13H2,1H3. The van der Waals surface area contributed by atoms with Crippen LogP contribution in [0.1, 0.15) is 120 Å². The molecule has 0 bridgehead atoms. The van der Waals surface area contributed by atoms with Gasteiger partial charge in [-0.2, -0.15) is 0 Å². The number of halogens is 1. The Kier molecular flexibility index (Phi) is 12.2. The second-order valence-corrected chi connectivity index (χ2v) is 16.8. The maximum atomic E-state index is 13.1. The molecule has 2 saturated carbocycles. The Hall–Kier alpha value is -4.73. The van der Waals surface area contributed by atoms with Crippen molar-refractivity contribution < 1.29 is 23.4 Å². The zero-order valence-electron chi connectivity index (χ0n) is 31.2. The van der Waals surface area contributed by atoms with Gasteiger partial charge in [0.25, 0.3) is 0 Å². The summed E-state index contributed by atoms with van der Waals surface area (Å²) < 4.78 is 24.6. The van der Waals surface area contributed by atoms with Crippen LogP contribution in [-0.4, -0.2) is 10.2 Å². The lowest BCUT2D eigenvalue weighted by molar-refractivity contribution is 0.379. The second-order valence-electron chi connectivity index (χ2n) is 14.9. The van der Waals surface area contributed by atoms with Crippen LogP contribution in [0.15, 0.2) is 120 Å². The van der Waals surface area contributed by atoms with E-state index in [1.165, 1.54) is 17.7 Å². The molecular weight excluding hydrogens is 732 g/mol. The SMILES string of the molecule is CCC(Cc1ccc(F)cc1)c1cc(O)c(C(c2cccs2)C2CC2)c(=O)o1.CCC(Cc1ccccc1)c1cc(O)c(C(c2cccs2)C2CC2)c(=O)o1. The molecule has 0 saturated heterocycles. The van der Waals surface area contributed by atoms with E-state index < -0.39 is 5.63 Å². The van der Waals surface area contributed by atoms with Gasteiger partial charge in [0, 0.05) is 45.6 Å².